The predicted molar refractivity (Wildman–Crippen MR) is 71.1 cm³/mol. The predicted octanol–water partition coefficient (Wildman–Crippen LogP) is 1.56. The lowest BCUT2D eigenvalue weighted by Crippen LogP contribution is -2.15. The van der Waals surface area contributed by atoms with Crippen molar-refractivity contribution in [3.8, 4) is 0 Å². The highest BCUT2D eigenvalue weighted by Gasteiger charge is 2.22. The molecule has 0 saturated carbocycles. The molecule has 0 aromatic heterocycles. The van der Waals surface area contributed by atoms with Crippen LogP contribution in [-0.2, 0) is 9.59 Å². The Labute approximate surface area is 114 Å². The number of carbonyl (C=O) groups is 2. The first-order chi connectivity index (χ1) is 8.93. The van der Waals surface area contributed by atoms with Gasteiger partial charge in [-0.25, -0.2) is 4.99 Å². The molecule has 0 aliphatic carbocycles. The van der Waals surface area contributed by atoms with Gasteiger partial charge in [-0.2, -0.15) is 0 Å². The average Bonchev–Trinajstić information content (AvgIpc) is 2.36. The first kappa shape index (κ1) is 15.0. The van der Waals surface area contributed by atoms with Gasteiger partial charge in [0.2, 0.25) is 0 Å². The number of carboxylic acids is 2. The Bertz CT molecular complexity index is 499. The number of hydrogen-bond acceptors (Lipinski definition) is 3. The fraction of sp³-hybridized carbons (Fsp3) is 0.250. The molecule has 1 atom stereocenters. The number of benzene rings is 1. The highest BCUT2D eigenvalue weighted by Crippen LogP contribution is 2.23. The summed E-state index contributed by atoms with van der Waals surface area (Å²) >= 11 is 5.48. The number of aliphatic imine (C=N–C) groups is 1. The van der Waals surface area contributed by atoms with Crippen LogP contribution in [0.1, 0.15) is 17.9 Å². The van der Waals surface area contributed by atoms with Gasteiger partial charge in [0.1, 0.15) is 5.84 Å². The number of alkyl halides is 1. The number of amidine groups is 1. The van der Waals surface area contributed by atoms with Crippen molar-refractivity contribution < 1.29 is 19.8 Å². The van der Waals surface area contributed by atoms with E-state index in [4.69, 9.17) is 27.5 Å². The number of carboxylic acid groups (broad SMARTS) is 2. The summed E-state index contributed by atoms with van der Waals surface area (Å²) in [5, 5.41) is 17.7. The Kier molecular flexibility index (Phi) is 5.32. The van der Waals surface area contributed by atoms with E-state index in [0.29, 0.717) is 11.3 Å². The molecule has 0 fully saturated rings. The second-order valence-electron chi connectivity index (χ2n) is 3.82. The van der Waals surface area contributed by atoms with Crippen LogP contribution in [0.4, 0.5) is 5.69 Å². The Morgan fingerprint density at radius 3 is 2.26 bits per heavy atom. The fourth-order valence-corrected chi connectivity index (χ4v) is 1.56. The third-order valence-electron chi connectivity index (χ3n) is 2.38. The molecule has 0 radical (unpaired) electrons. The van der Waals surface area contributed by atoms with E-state index in [2.05, 4.69) is 4.99 Å². The zero-order valence-electron chi connectivity index (χ0n) is 9.91. The van der Waals surface area contributed by atoms with E-state index in [-0.39, 0.29) is 11.7 Å². The summed E-state index contributed by atoms with van der Waals surface area (Å²) in [7, 11) is 0. The molecular formula is C12H13ClN2O4. The quantitative estimate of drug-likeness (QED) is 0.417. The molecule has 0 saturated heterocycles. The van der Waals surface area contributed by atoms with E-state index in [1.165, 1.54) is 12.1 Å². The van der Waals surface area contributed by atoms with Crippen LogP contribution in [0.5, 0.6) is 0 Å². The minimum absolute atomic E-state index is 0.0958. The lowest BCUT2D eigenvalue weighted by atomic mass is 9.96. The van der Waals surface area contributed by atoms with Gasteiger partial charge in [0, 0.05) is 0 Å². The molecule has 102 valence electrons. The van der Waals surface area contributed by atoms with E-state index < -0.39 is 24.3 Å². The topological polar surface area (TPSA) is 113 Å². The lowest BCUT2D eigenvalue weighted by Gasteiger charge is -2.10. The standard InChI is InChI=1S/C12H13ClN2O4/c13-6-10(14)15-8-3-1-7(2-4-8)9(12(18)19)5-11(16)17/h1-4,9H,5-6H2,(H2,14,15)(H,16,17)(H,18,19). The van der Waals surface area contributed by atoms with Gasteiger partial charge in [0.25, 0.3) is 0 Å². The maximum atomic E-state index is 11.0. The van der Waals surface area contributed by atoms with Gasteiger partial charge in [-0.1, -0.05) is 12.1 Å². The molecule has 0 spiro atoms. The maximum Gasteiger partial charge on any atom is 0.311 e. The molecule has 1 aromatic carbocycles. The summed E-state index contributed by atoms with van der Waals surface area (Å²) in [5.74, 6) is -3.09. The molecule has 1 unspecified atom stereocenters. The molecule has 19 heavy (non-hydrogen) atoms. The summed E-state index contributed by atoms with van der Waals surface area (Å²) in [6, 6.07) is 6.16. The molecule has 0 heterocycles. The molecular weight excluding hydrogens is 272 g/mol. The average molecular weight is 285 g/mol. The molecule has 0 aliphatic heterocycles. The second-order valence-corrected chi connectivity index (χ2v) is 4.08. The molecule has 1 rings (SSSR count). The van der Waals surface area contributed by atoms with Crippen LogP contribution in [0.25, 0.3) is 0 Å². The van der Waals surface area contributed by atoms with Crippen LogP contribution >= 0.6 is 11.6 Å². The van der Waals surface area contributed by atoms with Crippen molar-refractivity contribution in [1.82, 2.24) is 0 Å². The number of halogens is 1. The second kappa shape index (κ2) is 6.75. The van der Waals surface area contributed by atoms with Crippen LogP contribution in [0.3, 0.4) is 0 Å². The number of nitrogens with two attached hydrogens (primary N) is 1. The number of aliphatic carboxylic acids is 2. The van der Waals surface area contributed by atoms with Crippen molar-refractivity contribution in [1.29, 1.82) is 0 Å². The van der Waals surface area contributed by atoms with Gasteiger partial charge in [-0.05, 0) is 17.7 Å². The molecule has 0 amide bonds. The number of hydrogen-bond donors (Lipinski definition) is 3. The van der Waals surface area contributed by atoms with Crippen molar-refractivity contribution in [3.05, 3.63) is 29.8 Å². The zero-order valence-corrected chi connectivity index (χ0v) is 10.7. The highest BCUT2D eigenvalue weighted by atomic mass is 35.5. The van der Waals surface area contributed by atoms with Crippen molar-refractivity contribution in [2.75, 3.05) is 5.88 Å². The van der Waals surface area contributed by atoms with Crippen molar-refractivity contribution in [2.24, 2.45) is 10.7 Å². The summed E-state index contributed by atoms with van der Waals surface area (Å²) in [4.78, 5) is 25.6. The minimum Gasteiger partial charge on any atom is -0.481 e. The molecule has 6 nitrogen and oxygen atoms in total. The highest BCUT2D eigenvalue weighted by molar-refractivity contribution is 6.28. The minimum atomic E-state index is -1.18. The lowest BCUT2D eigenvalue weighted by molar-refractivity contribution is -0.145. The van der Waals surface area contributed by atoms with Crippen molar-refractivity contribution in [3.63, 3.8) is 0 Å². The molecule has 7 heteroatoms. The summed E-state index contributed by atoms with van der Waals surface area (Å²) < 4.78 is 0. The summed E-state index contributed by atoms with van der Waals surface area (Å²) in [6.45, 7) is 0. The number of rotatable bonds is 6. The summed E-state index contributed by atoms with van der Waals surface area (Å²) in [5.41, 5.74) is 6.39. The van der Waals surface area contributed by atoms with Crippen LogP contribution in [0.2, 0.25) is 0 Å². The van der Waals surface area contributed by atoms with Crippen molar-refractivity contribution >= 4 is 35.1 Å². The van der Waals surface area contributed by atoms with Crippen LogP contribution < -0.4 is 5.73 Å². The monoisotopic (exact) mass is 284 g/mol. The third kappa shape index (κ3) is 4.59. The van der Waals surface area contributed by atoms with Gasteiger partial charge >= 0.3 is 11.9 Å². The van der Waals surface area contributed by atoms with Crippen LogP contribution in [0.15, 0.2) is 29.3 Å². The normalized spacial score (nSPS) is 13.0. The molecule has 1 aromatic rings. The third-order valence-corrected chi connectivity index (χ3v) is 2.66. The zero-order chi connectivity index (χ0) is 14.4. The van der Waals surface area contributed by atoms with E-state index in [1.807, 2.05) is 0 Å². The Hall–Kier alpha value is -2.08. The fourth-order valence-electron chi connectivity index (χ4n) is 1.50. The summed E-state index contributed by atoms with van der Waals surface area (Å²) in [6.07, 6.45) is -0.470. The largest absolute Gasteiger partial charge is 0.481 e. The first-order valence-corrected chi connectivity index (χ1v) is 5.91. The molecule has 0 bridgehead atoms. The van der Waals surface area contributed by atoms with Crippen LogP contribution in [0, 0.1) is 0 Å². The van der Waals surface area contributed by atoms with E-state index in [9.17, 15) is 9.59 Å². The molecule has 0 aliphatic rings. The Balaban J connectivity index is 2.95. The van der Waals surface area contributed by atoms with E-state index in [1.54, 1.807) is 12.1 Å². The number of nitrogens with zero attached hydrogens (tertiary/aromatic N) is 1. The van der Waals surface area contributed by atoms with Gasteiger partial charge in [-0.15, -0.1) is 11.6 Å². The smallest absolute Gasteiger partial charge is 0.311 e. The van der Waals surface area contributed by atoms with Gasteiger partial charge in [0.15, 0.2) is 0 Å². The Morgan fingerprint density at radius 1 is 1.26 bits per heavy atom. The molecule has 4 N–H and O–H groups in total. The first-order valence-electron chi connectivity index (χ1n) is 5.37. The van der Waals surface area contributed by atoms with Crippen molar-refractivity contribution in [2.45, 2.75) is 12.3 Å². The van der Waals surface area contributed by atoms with Gasteiger partial charge in [-0.3, -0.25) is 9.59 Å². The van der Waals surface area contributed by atoms with E-state index >= 15 is 0 Å². The van der Waals surface area contributed by atoms with Gasteiger partial charge in [0.05, 0.1) is 23.9 Å². The van der Waals surface area contributed by atoms with Crippen LogP contribution in [-0.4, -0.2) is 33.9 Å². The SMILES string of the molecule is NC(CCl)=Nc1ccc(C(CC(=O)O)C(=O)O)cc1. The van der Waals surface area contributed by atoms with E-state index in [0.717, 1.165) is 0 Å². The van der Waals surface area contributed by atoms with Gasteiger partial charge < -0.3 is 15.9 Å². The maximum absolute atomic E-state index is 11.0. The Morgan fingerprint density at radius 2 is 1.84 bits per heavy atom.